The maximum atomic E-state index is 13.9. The number of ketones is 1. The van der Waals surface area contributed by atoms with Crippen LogP contribution in [-0.2, 0) is 17.3 Å². The molecular formula is C37H35F3O9S. The van der Waals surface area contributed by atoms with E-state index in [-0.39, 0.29) is 51.9 Å². The minimum absolute atomic E-state index is 0.0342. The van der Waals surface area contributed by atoms with Crippen LogP contribution in [0.15, 0.2) is 69.9 Å². The highest BCUT2D eigenvalue weighted by atomic mass is 32.1. The van der Waals surface area contributed by atoms with Gasteiger partial charge in [0.2, 0.25) is 0 Å². The molecule has 264 valence electrons. The summed E-state index contributed by atoms with van der Waals surface area (Å²) in [7, 11) is 1.05. The number of hydrogen-bond acceptors (Lipinski definition) is 10. The number of Topliss-reactive ketones (excluding diaryl/α,β-unsaturated/α-hetero) is 1. The van der Waals surface area contributed by atoms with Gasteiger partial charge in [-0.15, -0.1) is 0 Å². The van der Waals surface area contributed by atoms with Gasteiger partial charge in [-0.3, -0.25) is 9.59 Å². The molecule has 0 amide bonds. The average molecular weight is 713 g/mol. The van der Waals surface area contributed by atoms with Crippen molar-refractivity contribution in [1.82, 2.24) is 0 Å². The number of fused-ring (bicyclic) bond motifs is 1. The topological polar surface area (TPSA) is 132 Å². The first kappa shape index (κ1) is 37.8. The number of ether oxygens (including phenoxy) is 3. The zero-order chi connectivity index (χ0) is 36.6. The summed E-state index contributed by atoms with van der Waals surface area (Å²) >= 11 is 5.22. The van der Waals surface area contributed by atoms with Crippen LogP contribution in [0.25, 0.3) is 12.2 Å². The molecule has 1 heterocycles. The van der Waals surface area contributed by atoms with Crippen molar-refractivity contribution in [1.29, 1.82) is 0 Å². The summed E-state index contributed by atoms with van der Waals surface area (Å²) in [6, 6.07) is 6.95. The molecule has 1 aliphatic carbocycles. The molecular weight excluding hydrogens is 677 g/mol. The largest absolute Gasteiger partial charge is 0.516 e. The molecule has 1 aromatic heterocycles. The normalized spacial score (nSPS) is 14.1. The van der Waals surface area contributed by atoms with Gasteiger partial charge >= 0.3 is 18.3 Å². The van der Waals surface area contributed by atoms with Gasteiger partial charge in [0.05, 0.1) is 41.7 Å². The molecule has 0 unspecified atom stereocenters. The number of methoxy groups -OCH3 is 1. The number of aliphatic hydroxyl groups is 1. The van der Waals surface area contributed by atoms with Gasteiger partial charge in [0.25, 0.3) is 0 Å². The first-order chi connectivity index (χ1) is 23.8. The van der Waals surface area contributed by atoms with E-state index in [0.29, 0.717) is 35.4 Å². The minimum atomic E-state index is -4.61. The van der Waals surface area contributed by atoms with Crippen LogP contribution in [-0.4, -0.2) is 40.7 Å². The third-order valence-corrected chi connectivity index (χ3v) is 8.08. The number of thiocarbonyl (C=S) groups is 1. The second kappa shape index (κ2) is 16.6. The maximum absolute atomic E-state index is 13.9. The number of alkyl halides is 3. The molecule has 4 rings (SSSR count). The molecule has 0 aliphatic heterocycles. The van der Waals surface area contributed by atoms with Crippen molar-refractivity contribution in [3.63, 3.8) is 0 Å². The number of carbonyl (C=O) groups is 2. The molecule has 2 atom stereocenters. The van der Waals surface area contributed by atoms with E-state index in [4.69, 9.17) is 26.1 Å². The average Bonchev–Trinajstić information content (AvgIpc) is 3.07. The van der Waals surface area contributed by atoms with Crippen molar-refractivity contribution >= 4 is 41.2 Å². The Balaban J connectivity index is 1.67. The first-order valence-electron chi connectivity index (χ1n) is 15.6. The Kier molecular flexibility index (Phi) is 12.5. The number of allylic oxidation sites excluding steroid dienone is 2. The van der Waals surface area contributed by atoms with Gasteiger partial charge in [0, 0.05) is 22.8 Å². The Bertz CT molecular complexity index is 1990. The van der Waals surface area contributed by atoms with Crippen LogP contribution < -0.4 is 25.5 Å². The number of halogens is 3. The summed E-state index contributed by atoms with van der Waals surface area (Å²) in [5, 5.41) is 22.2. The number of phenols is 1. The standard InChI is InChI=1S/C37H35F3O9S/c1-4-9-26-29(18-17-25(21(2)41)33(26)43)47-19-8-6-5-7-10-28(32(42)22-11-13-23(14-12-22)37(38,39)40)31-34(44)27-16-15-24(50)20-30(27)48-35(31)49-36(45)46-3/h5-7,10-14,16-18,20,28,32,42-43H,4,8-9,15,19H2,1-3H3/b6-5-,10-7+/t28-,32-/m0/s1. The predicted molar refractivity (Wildman–Crippen MR) is 183 cm³/mol. The lowest BCUT2D eigenvalue weighted by Gasteiger charge is -2.22. The molecule has 1 aliphatic rings. The SMILES string of the molecule is CCCc1c(OCC/C=C\C=C\[C@@H](c2c(OC(=O)OC)oc3c(c2=O)=CCC(=S)C=3)[C@@H](O)c2ccc(C(F)(F)F)cc2)ccc(C(C)=O)c1O. The Morgan fingerprint density at radius 1 is 1.12 bits per heavy atom. The molecule has 0 saturated carbocycles. The van der Waals surface area contributed by atoms with E-state index in [1.54, 1.807) is 24.3 Å². The zero-order valence-corrected chi connectivity index (χ0v) is 28.2. The van der Waals surface area contributed by atoms with E-state index >= 15 is 0 Å². The van der Waals surface area contributed by atoms with Gasteiger partial charge in [-0.2, -0.15) is 13.2 Å². The van der Waals surface area contributed by atoms with Crippen LogP contribution in [0.1, 0.15) is 77.7 Å². The van der Waals surface area contributed by atoms with Gasteiger partial charge < -0.3 is 28.8 Å². The third-order valence-electron chi connectivity index (χ3n) is 7.80. The van der Waals surface area contributed by atoms with Gasteiger partial charge in [-0.25, -0.2) is 4.79 Å². The van der Waals surface area contributed by atoms with Crippen molar-refractivity contribution in [3.05, 3.63) is 109 Å². The van der Waals surface area contributed by atoms with Crippen molar-refractivity contribution in [2.45, 2.75) is 57.7 Å². The monoisotopic (exact) mass is 712 g/mol. The highest BCUT2D eigenvalue weighted by molar-refractivity contribution is 7.81. The van der Waals surface area contributed by atoms with Gasteiger partial charge in [0.15, 0.2) is 11.2 Å². The molecule has 2 aromatic carbocycles. The molecule has 0 saturated heterocycles. The number of carbonyl (C=O) groups excluding carboxylic acids is 2. The third kappa shape index (κ3) is 8.96. The number of hydrogen-bond donors (Lipinski definition) is 2. The van der Waals surface area contributed by atoms with Gasteiger partial charge in [0.1, 0.15) is 16.9 Å². The number of aromatic hydroxyl groups is 1. The zero-order valence-electron chi connectivity index (χ0n) is 27.4. The smallest absolute Gasteiger partial charge is 0.507 e. The lowest BCUT2D eigenvalue weighted by Crippen LogP contribution is -2.44. The molecule has 0 radical (unpaired) electrons. The number of phenolic OH excluding ortho intramolecular Hbond substituents is 1. The van der Waals surface area contributed by atoms with Crippen LogP contribution in [0, 0.1) is 0 Å². The Labute approximate surface area is 290 Å². The highest BCUT2D eigenvalue weighted by Crippen LogP contribution is 2.37. The van der Waals surface area contributed by atoms with E-state index < -0.39 is 41.3 Å². The van der Waals surface area contributed by atoms with Crippen LogP contribution in [0.3, 0.4) is 0 Å². The Hall–Kier alpha value is -5.01. The van der Waals surface area contributed by atoms with Crippen LogP contribution in [0.5, 0.6) is 17.4 Å². The summed E-state index contributed by atoms with van der Waals surface area (Å²) < 4.78 is 61.2. The Morgan fingerprint density at radius 3 is 2.48 bits per heavy atom. The fourth-order valence-electron chi connectivity index (χ4n) is 5.31. The fourth-order valence-corrected chi connectivity index (χ4v) is 5.50. The number of benzene rings is 2. The van der Waals surface area contributed by atoms with Gasteiger partial charge in [-0.05, 0) is 55.7 Å². The first-order valence-corrected chi connectivity index (χ1v) is 16.0. The minimum Gasteiger partial charge on any atom is -0.507 e. The second-order valence-electron chi connectivity index (χ2n) is 11.3. The lowest BCUT2D eigenvalue weighted by atomic mass is 9.88. The van der Waals surface area contributed by atoms with E-state index in [0.717, 1.165) is 31.4 Å². The summed E-state index contributed by atoms with van der Waals surface area (Å²) in [6.07, 6.45) is 3.71. The number of rotatable bonds is 13. The molecule has 9 nitrogen and oxygen atoms in total. The van der Waals surface area contributed by atoms with E-state index in [1.807, 2.05) is 6.92 Å². The summed E-state index contributed by atoms with van der Waals surface area (Å²) in [4.78, 5) is 38.4. The lowest BCUT2D eigenvalue weighted by molar-refractivity contribution is -0.137. The maximum Gasteiger partial charge on any atom is 0.516 e. The summed E-state index contributed by atoms with van der Waals surface area (Å²) in [5.74, 6) is -1.77. The van der Waals surface area contributed by atoms with E-state index in [9.17, 15) is 37.8 Å². The molecule has 0 fully saturated rings. The molecule has 2 N–H and O–H groups in total. The van der Waals surface area contributed by atoms with E-state index in [2.05, 4.69) is 4.74 Å². The number of aliphatic hydroxyl groups excluding tert-OH is 1. The summed E-state index contributed by atoms with van der Waals surface area (Å²) in [5.41, 5.74) is -1.02. The summed E-state index contributed by atoms with van der Waals surface area (Å²) in [6.45, 7) is 3.51. The quantitative estimate of drug-likeness (QED) is 0.0675. The molecule has 3 aromatic rings. The van der Waals surface area contributed by atoms with Crippen molar-refractivity contribution in [3.8, 4) is 17.4 Å². The molecule has 13 heteroatoms. The van der Waals surface area contributed by atoms with Crippen molar-refractivity contribution < 1.29 is 51.6 Å². The van der Waals surface area contributed by atoms with Crippen LogP contribution in [0.4, 0.5) is 18.0 Å². The molecule has 0 spiro atoms. The predicted octanol–water partition coefficient (Wildman–Crippen LogP) is 6.40. The van der Waals surface area contributed by atoms with E-state index in [1.165, 1.54) is 31.2 Å². The molecule has 0 bridgehead atoms. The molecule has 50 heavy (non-hydrogen) atoms. The van der Waals surface area contributed by atoms with Gasteiger partial charge in [-0.1, -0.05) is 68.1 Å². The fraction of sp³-hybridized carbons (Fsp3) is 0.297. The van der Waals surface area contributed by atoms with Crippen LogP contribution >= 0.6 is 12.2 Å². The van der Waals surface area contributed by atoms with Crippen LogP contribution in [0.2, 0.25) is 0 Å². The van der Waals surface area contributed by atoms with Crippen molar-refractivity contribution in [2.24, 2.45) is 0 Å². The Morgan fingerprint density at radius 2 is 1.84 bits per heavy atom. The van der Waals surface area contributed by atoms with Crippen molar-refractivity contribution in [2.75, 3.05) is 13.7 Å². The highest BCUT2D eigenvalue weighted by Gasteiger charge is 2.33. The second-order valence-corrected chi connectivity index (χ2v) is 11.8.